The Labute approximate surface area is 124 Å². The summed E-state index contributed by atoms with van der Waals surface area (Å²) in [6.07, 6.45) is 1.33. The van der Waals surface area contributed by atoms with Gasteiger partial charge in [-0.3, -0.25) is 14.8 Å². The van der Waals surface area contributed by atoms with E-state index in [9.17, 15) is 4.79 Å². The molecule has 0 aliphatic heterocycles. The predicted molar refractivity (Wildman–Crippen MR) is 80.8 cm³/mol. The van der Waals surface area contributed by atoms with Gasteiger partial charge >= 0.3 is 0 Å². The SMILES string of the molecule is CCN(CC)C(CNC(=O)c1ncn[nH]1)c1ccccc1. The molecular weight excluding hydrogens is 266 g/mol. The van der Waals surface area contributed by atoms with E-state index in [0.717, 1.165) is 13.1 Å². The monoisotopic (exact) mass is 287 g/mol. The zero-order valence-corrected chi connectivity index (χ0v) is 12.4. The topological polar surface area (TPSA) is 73.9 Å². The average molecular weight is 287 g/mol. The van der Waals surface area contributed by atoms with Crippen LogP contribution in [0.1, 0.15) is 36.1 Å². The van der Waals surface area contributed by atoms with Crippen molar-refractivity contribution in [2.24, 2.45) is 0 Å². The molecule has 0 saturated heterocycles. The largest absolute Gasteiger partial charge is 0.347 e. The summed E-state index contributed by atoms with van der Waals surface area (Å²) < 4.78 is 0. The zero-order chi connectivity index (χ0) is 15.1. The summed E-state index contributed by atoms with van der Waals surface area (Å²) >= 11 is 0. The van der Waals surface area contributed by atoms with Crippen molar-refractivity contribution in [1.29, 1.82) is 0 Å². The van der Waals surface area contributed by atoms with Gasteiger partial charge in [-0.15, -0.1) is 0 Å². The third kappa shape index (κ3) is 3.88. The van der Waals surface area contributed by atoms with Crippen molar-refractivity contribution in [3.05, 3.63) is 48.0 Å². The number of nitrogens with zero attached hydrogens (tertiary/aromatic N) is 3. The first kappa shape index (κ1) is 15.2. The summed E-state index contributed by atoms with van der Waals surface area (Å²) in [5.74, 6) is 0.00180. The number of aromatic nitrogens is 3. The van der Waals surface area contributed by atoms with Crippen LogP contribution in [0.5, 0.6) is 0 Å². The van der Waals surface area contributed by atoms with Crippen molar-refractivity contribution >= 4 is 5.91 Å². The summed E-state index contributed by atoms with van der Waals surface area (Å²) in [5.41, 5.74) is 1.19. The number of rotatable bonds is 7. The molecule has 0 spiro atoms. The number of carbonyl (C=O) groups is 1. The van der Waals surface area contributed by atoms with Crippen molar-refractivity contribution in [1.82, 2.24) is 25.4 Å². The van der Waals surface area contributed by atoms with Crippen molar-refractivity contribution in [3.63, 3.8) is 0 Å². The van der Waals surface area contributed by atoms with Gasteiger partial charge in [-0.1, -0.05) is 44.2 Å². The Morgan fingerprint density at radius 3 is 2.57 bits per heavy atom. The van der Waals surface area contributed by atoms with Crippen LogP contribution < -0.4 is 5.32 Å². The standard InChI is InChI=1S/C15H21N5O/c1-3-20(4-2)13(12-8-6-5-7-9-12)10-16-15(21)14-17-11-18-19-14/h5-9,11,13H,3-4,10H2,1-2H3,(H,16,21)(H,17,18,19). The Morgan fingerprint density at radius 1 is 1.29 bits per heavy atom. The lowest BCUT2D eigenvalue weighted by Crippen LogP contribution is -2.38. The van der Waals surface area contributed by atoms with Crippen molar-refractivity contribution in [3.8, 4) is 0 Å². The fraction of sp³-hybridized carbons (Fsp3) is 0.400. The molecule has 6 nitrogen and oxygen atoms in total. The number of hydrogen-bond acceptors (Lipinski definition) is 4. The molecule has 0 fully saturated rings. The van der Waals surface area contributed by atoms with E-state index in [1.807, 2.05) is 18.2 Å². The van der Waals surface area contributed by atoms with E-state index >= 15 is 0 Å². The highest BCUT2D eigenvalue weighted by molar-refractivity contribution is 5.90. The van der Waals surface area contributed by atoms with Gasteiger partial charge in [-0.05, 0) is 18.7 Å². The highest BCUT2D eigenvalue weighted by Crippen LogP contribution is 2.19. The molecule has 0 aliphatic carbocycles. The summed E-state index contributed by atoms with van der Waals surface area (Å²) in [5, 5.41) is 9.18. The van der Waals surface area contributed by atoms with Crippen LogP contribution in [0.2, 0.25) is 0 Å². The highest BCUT2D eigenvalue weighted by Gasteiger charge is 2.19. The van der Waals surface area contributed by atoms with E-state index in [0.29, 0.717) is 6.54 Å². The summed E-state index contributed by atoms with van der Waals surface area (Å²) in [6.45, 7) is 6.63. The second-order valence-electron chi connectivity index (χ2n) is 4.69. The number of H-pyrrole nitrogens is 1. The van der Waals surface area contributed by atoms with Crippen LogP contribution in [-0.4, -0.2) is 45.6 Å². The number of amides is 1. The van der Waals surface area contributed by atoms with Crippen LogP contribution in [0.3, 0.4) is 0 Å². The fourth-order valence-electron chi connectivity index (χ4n) is 2.39. The van der Waals surface area contributed by atoms with Gasteiger partial charge in [0.25, 0.3) is 5.91 Å². The van der Waals surface area contributed by atoms with Crippen molar-refractivity contribution in [2.45, 2.75) is 19.9 Å². The molecule has 1 amide bonds. The first-order valence-electron chi connectivity index (χ1n) is 7.18. The molecule has 6 heteroatoms. The quantitative estimate of drug-likeness (QED) is 0.811. The number of carbonyl (C=O) groups excluding carboxylic acids is 1. The maximum Gasteiger partial charge on any atom is 0.288 e. The Morgan fingerprint density at radius 2 is 2.00 bits per heavy atom. The normalized spacial score (nSPS) is 12.3. The van der Waals surface area contributed by atoms with Crippen molar-refractivity contribution < 1.29 is 4.79 Å². The van der Waals surface area contributed by atoms with Crippen LogP contribution in [0.4, 0.5) is 0 Å². The van der Waals surface area contributed by atoms with E-state index in [2.05, 4.69) is 51.4 Å². The second-order valence-corrected chi connectivity index (χ2v) is 4.69. The smallest absolute Gasteiger partial charge is 0.288 e. The number of likely N-dealkylation sites (N-methyl/N-ethyl adjacent to an activating group) is 1. The number of nitrogens with one attached hydrogen (secondary N) is 2. The van der Waals surface area contributed by atoms with Gasteiger partial charge in [0.15, 0.2) is 0 Å². The van der Waals surface area contributed by atoms with Crippen LogP contribution in [-0.2, 0) is 0 Å². The molecule has 1 atom stereocenters. The molecule has 112 valence electrons. The van der Waals surface area contributed by atoms with Crippen LogP contribution >= 0.6 is 0 Å². The van der Waals surface area contributed by atoms with Crippen molar-refractivity contribution in [2.75, 3.05) is 19.6 Å². The molecule has 1 heterocycles. The minimum Gasteiger partial charge on any atom is -0.347 e. The number of aromatic amines is 1. The Kier molecular flexibility index (Phi) is 5.45. The maximum absolute atomic E-state index is 12.0. The molecule has 1 aromatic carbocycles. The molecule has 1 aromatic heterocycles. The molecular formula is C15H21N5O. The minimum absolute atomic E-state index is 0.146. The van der Waals surface area contributed by atoms with Crippen LogP contribution in [0.15, 0.2) is 36.7 Å². The number of benzene rings is 1. The van der Waals surface area contributed by atoms with Gasteiger partial charge in [-0.25, -0.2) is 4.98 Å². The zero-order valence-electron chi connectivity index (χ0n) is 12.4. The fourth-order valence-corrected chi connectivity index (χ4v) is 2.39. The average Bonchev–Trinajstić information content (AvgIpc) is 3.06. The molecule has 2 aromatic rings. The summed E-state index contributed by atoms with van der Waals surface area (Å²) in [6, 6.07) is 10.4. The highest BCUT2D eigenvalue weighted by atomic mass is 16.2. The van der Waals surface area contributed by atoms with E-state index < -0.39 is 0 Å². The first-order valence-corrected chi connectivity index (χ1v) is 7.18. The molecule has 0 bridgehead atoms. The maximum atomic E-state index is 12.0. The molecule has 0 aliphatic rings. The van der Waals surface area contributed by atoms with Gasteiger partial charge in [0.05, 0.1) is 6.04 Å². The molecule has 2 rings (SSSR count). The number of hydrogen-bond donors (Lipinski definition) is 2. The summed E-state index contributed by atoms with van der Waals surface area (Å²) in [4.78, 5) is 18.2. The van der Waals surface area contributed by atoms with Gasteiger partial charge in [-0.2, -0.15) is 5.10 Å². The molecule has 0 saturated carbocycles. The van der Waals surface area contributed by atoms with E-state index in [1.165, 1.54) is 11.9 Å². The molecule has 0 radical (unpaired) electrons. The van der Waals surface area contributed by atoms with Gasteiger partial charge in [0.2, 0.25) is 5.82 Å². The van der Waals surface area contributed by atoms with E-state index in [-0.39, 0.29) is 17.8 Å². The Hall–Kier alpha value is -2.21. The Balaban J connectivity index is 2.08. The predicted octanol–water partition coefficient (Wildman–Crippen LogP) is 1.62. The van der Waals surface area contributed by atoms with Crippen LogP contribution in [0.25, 0.3) is 0 Å². The lowest BCUT2D eigenvalue weighted by Gasteiger charge is -2.30. The third-order valence-electron chi connectivity index (χ3n) is 3.52. The first-order chi connectivity index (χ1) is 10.3. The van der Waals surface area contributed by atoms with E-state index in [4.69, 9.17) is 0 Å². The van der Waals surface area contributed by atoms with E-state index in [1.54, 1.807) is 0 Å². The van der Waals surface area contributed by atoms with Gasteiger partial charge in [0, 0.05) is 6.54 Å². The molecule has 2 N–H and O–H groups in total. The third-order valence-corrected chi connectivity index (χ3v) is 3.52. The van der Waals surface area contributed by atoms with Gasteiger partial charge in [0.1, 0.15) is 6.33 Å². The Bertz CT molecular complexity index is 536. The lowest BCUT2D eigenvalue weighted by atomic mass is 10.1. The van der Waals surface area contributed by atoms with Gasteiger partial charge < -0.3 is 5.32 Å². The summed E-state index contributed by atoms with van der Waals surface area (Å²) in [7, 11) is 0. The molecule has 21 heavy (non-hydrogen) atoms. The van der Waals surface area contributed by atoms with Crippen LogP contribution in [0, 0.1) is 0 Å². The lowest BCUT2D eigenvalue weighted by molar-refractivity contribution is 0.0925. The minimum atomic E-state index is -0.236. The second kappa shape index (κ2) is 7.54. The molecule has 1 unspecified atom stereocenters.